The van der Waals surface area contributed by atoms with Crippen LogP contribution in [0, 0.1) is 0 Å². The number of rotatable bonds is 6. The number of hydrogen-bond donors (Lipinski definition) is 3. The molecule has 9 heteroatoms. The summed E-state index contributed by atoms with van der Waals surface area (Å²) in [6.45, 7) is 5.48. The summed E-state index contributed by atoms with van der Waals surface area (Å²) in [5, 5.41) is 6.02. The summed E-state index contributed by atoms with van der Waals surface area (Å²) in [4.78, 5) is 14.5. The molecule has 28 heavy (non-hydrogen) atoms. The normalized spacial score (nSPS) is 14.6. The Balaban J connectivity index is 1.98. The van der Waals surface area contributed by atoms with E-state index in [1.54, 1.807) is 30.3 Å². The van der Waals surface area contributed by atoms with Crippen molar-refractivity contribution in [2.75, 3.05) is 42.3 Å². The van der Waals surface area contributed by atoms with Crippen LogP contribution in [0.1, 0.15) is 17.3 Å². The zero-order valence-electron chi connectivity index (χ0n) is 15.5. The Bertz CT molecular complexity index is 942. The van der Waals surface area contributed by atoms with E-state index >= 15 is 0 Å². The maximum Gasteiger partial charge on any atom is 0.261 e. The first-order chi connectivity index (χ1) is 13.4. The number of nitrogens with zero attached hydrogens (tertiary/aromatic N) is 1. The maximum absolute atomic E-state index is 12.9. The lowest BCUT2D eigenvalue weighted by Gasteiger charge is -2.31. The van der Waals surface area contributed by atoms with Gasteiger partial charge in [-0.05, 0) is 49.4 Å². The third-order valence-electron chi connectivity index (χ3n) is 4.42. The first kappa shape index (κ1) is 20.6. The maximum atomic E-state index is 12.9. The minimum atomic E-state index is -3.79. The van der Waals surface area contributed by atoms with Crippen LogP contribution in [0.5, 0.6) is 0 Å². The summed E-state index contributed by atoms with van der Waals surface area (Å²) in [6.07, 6.45) is 0. The third-order valence-corrected chi connectivity index (χ3v) is 6.33. The van der Waals surface area contributed by atoms with E-state index in [9.17, 15) is 13.2 Å². The van der Waals surface area contributed by atoms with Gasteiger partial charge in [-0.15, -0.1) is 0 Å². The molecule has 0 aromatic heterocycles. The van der Waals surface area contributed by atoms with E-state index in [0.717, 1.165) is 36.3 Å². The van der Waals surface area contributed by atoms with Gasteiger partial charge >= 0.3 is 0 Å². The van der Waals surface area contributed by atoms with Crippen molar-refractivity contribution < 1.29 is 13.2 Å². The number of halogens is 1. The highest BCUT2D eigenvalue weighted by atomic mass is 79.9. The number of carbonyl (C=O) groups is 1. The lowest BCUT2D eigenvalue weighted by molar-refractivity contribution is 0.0956. The molecule has 7 nitrogen and oxygen atoms in total. The predicted octanol–water partition coefficient (Wildman–Crippen LogP) is 2.41. The fraction of sp³-hybridized carbons (Fsp3) is 0.316. The lowest BCUT2D eigenvalue weighted by atomic mass is 10.1. The summed E-state index contributed by atoms with van der Waals surface area (Å²) in [5.41, 5.74) is 1.57. The van der Waals surface area contributed by atoms with Crippen molar-refractivity contribution >= 4 is 43.2 Å². The van der Waals surface area contributed by atoms with E-state index in [1.807, 2.05) is 6.92 Å². The number of carbonyl (C=O) groups excluding carboxylic acids is 1. The van der Waals surface area contributed by atoms with Crippen LogP contribution in [0.25, 0.3) is 0 Å². The lowest BCUT2D eigenvalue weighted by Crippen LogP contribution is -2.43. The Morgan fingerprint density at radius 2 is 1.82 bits per heavy atom. The fourth-order valence-electron chi connectivity index (χ4n) is 3.02. The Morgan fingerprint density at radius 3 is 2.46 bits per heavy atom. The van der Waals surface area contributed by atoms with Gasteiger partial charge in [-0.2, -0.15) is 0 Å². The van der Waals surface area contributed by atoms with E-state index in [1.165, 1.54) is 12.1 Å². The molecular weight excluding hydrogens is 444 g/mol. The Kier molecular flexibility index (Phi) is 6.58. The van der Waals surface area contributed by atoms with Crippen LogP contribution in [-0.4, -0.2) is 47.0 Å². The van der Waals surface area contributed by atoms with Gasteiger partial charge < -0.3 is 15.5 Å². The molecule has 0 spiro atoms. The Labute approximate surface area is 173 Å². The number of sulfonamides is 1. The molecule has 1 saturated heterocycles. The molecule has 0 aliphatic carbocycles. The molecule has 1 fully saturated rings. The van der Waals surface area contributed by atoms with Crippen molar-refractivity contribution in [2.24, 2.45) is 0 Å². The second-order valence-corrected chi connectivity index (χ2v) is 8.99. The zero-order valence-corrected chi connectivity index (χ0v) is 17.9. The highest BCUT2D eigenvalue weighted by molar-refractivity contribution is 9.10. The van der Waals surface area contributed by atoms with Gasteiger partial charge in [0.05, 0.1) is 16.3 Å². The van der Waals surface area contributed by atoms with Gasteiger partial charge in [0.2, 0.25) is 0 Å². The molecule has 3 rings (SSSR count). The van der Waals surface area contributed by atoms with Crippen LogP contribution in [0.4, 0.5) is 11.4 Å². The second-order valence-electron chi connectivity index (χ2n) is 6.39. The molecule has 150 valence electrons. The number of anilines is 2. The summed E-state index contributed by atoms with van der Waals surface area (Å²) in [5.74, 6) is -0.238. The number of benzene rings is 2. The zero-order chi connectivity index (χ0) is 20.1. The van der Waals surface area contributed by atoms with E-state index in [4.69, 9.17) is 0 Å². The predicted molar refractivity (Wildman–Crippen MR) is 114 cm³/mol. The van der Waals surface area contributed by atoms with Gasteiger partial charge in [0, 0.05) is 42.8 Å². The Hall–Kier alpha value is -2.10. The topological polar surface area (TPSA) is 90.5 Å². The van der Waals surface area contributed by atoms with Gasteiger partial charge in [0.1, 0.15) is 0 Å². The average molecular weight is 467 g/mol. The molecule has 0 unspecified atom stereocenters. The first-order valence-electron chi connectivity index (χ1n) is 9.07. The van der Waals surface area contributed by atoms with Crippen LogP contribution in [-0.2, 0) is 10.0 Å². The van der Waals surface area contributed by atoms with Gasteiger partial charge in [-0.1, -0.05) is 15.9 Å². The number of nitrogens with one attached hydrogen (secondary N) is 3. The van der Waals surface area contributed by atoms with E-state index in [2.05, 4.69) is 36.2 Å². The quantitative estimate of drug-likeness (QED) is 0.607. The van der Waals surface area contributed by atoms with Crippen LogP contribution >= 0.6 is 15.9 Å². The minimum absolute atomic E-state index is 0.158. The molecule has 0 atom stereocenters. The van der Waals surface area contributed by atoms with Gasteiger partial charge in [-0.25, -0.2) is 8.42 Å². The molecule has 2 aromatic rings. The van der Waals surface area contributed by atoms with Gasteiger partial charge in [-0.3, -0.25) is 9.52 Å². The Morgan fingerprint density at radius 1 is 1.14 bits per heavy atom. The SMILES string of the molecule is CCNC(=O)c1ccc(N2CCNCC2)c(NS(=O)(=O)c2ccc(Br)cc2)c1. The highest BCUT2D eigenvalue weighted by Gasteiger charge is 2.21. The molecule has 1 amide bonds. The standard InChI is InChI=1S/C19H23BrN4O3S/c1-2-22-19(25)14-3-8-18(24-11-9-21-10-12-24)17(13-14)23-28(26,27)16-6-4-15(20)5-7-16/h3-8,13,21,23H,2,9-12H2,1H3,(H,22,25). The van der Waals surface area contributed by atoms with Crippen molar-refractivity contribution in [1.29, 1.82) is 0 Å². The highest BCUT2D eigenvalue weighted by Crippen LogP contribution is 2.30. The number of hydrogen-bond acceptors (Lipinski definition) is 5. The average Bonchev–Trinajstić information content (AvgIpc) is 2.69. The van der Waals surface area contributed by atoms with Crippen LogP contribution < -0.4 is 20.3 Å². The van der Waals surface area contributed by atoms with E-state index < -0.39 is 10.0 Å². The monoisotopic (exact) mass is 466 g/mol. The molecule has 2 aromatic carbocycles. The molecule has 0 radical (unpaired) electrons. The first-order valence-corrected chi connectivity index (χ1v) is 11.3. The summed E-state index contributed by atoms with van der Waals surface area (Å²) >= 11 is 3.31. The molecule has 1 aliphatic heterocycles. The summed E-state index contributed by atoms with van der Waals surface area (Å²) in [6, 6.07) is 11.5. The van der Waals surface area contributed by atoms with E-state index in [0.29, 0.717) is 17.8 Å². The smallest absolute Gasteiger partial charge is 0.261 e. The van der Waals surface area contributed by atoms with Crippen molar-refractivity contribution in [3.8, 4) is 0 Å². The van der Waals surface area contributed by atoms with Crippen LogP contribution in [0.3, 0.4) is 0 Å². The van der Waals surface area contributed by atoms with Crippen molar-refractivity contribution in [3.63, 3.8) is 0 Å². The third kappa shape index (κ3) is 4.84. The van der Waals surface area contributed by atoms with Crippen molar-refractivity contribution in [1.82, 2.24) is 10.6 Å². The summed E-state index contributed by atoms with van der Waals surface area (Å²) in [7, 11) is -3.79. The van der Waals surface area contributed by atoms with Crippen LogP contribution in [0.15, 0.2) is 51.8 Å². The number of piperazine rings is 1. The van der Waals surface area contributed by atoms with Gasteiger partial charge in [0.25, 0.3) is 15.9 Å². The molecule has 0 saturated carbocycles. The molecule has 3 N–H and O–H groups in total. The van der Waals surface area contributed by atoms with Crippen molar-refractivity contribution in [3.05, 3.63) is 52.5 Å². The molecule has 1 heterocycles. The van der Waals surface area contributed by atoms with E-state index in [-0.39, 0.29) is 10.8 Å². The second kappa shape index (κ2) is 8.93. The minimum Gasteiger partial charge on any atom is -0.367 e. The largest absolute Gasteiger partial charge is 0.367 e. The van der Waals surface area contributed by atoms with Crippen LogP contribution in [0.2, 0.25) is 0 Å². The van der Waals surface area contributed by atoms with Gasteiger partial charge in [0.15, 0.2) is 0 Å². The van der Waals surface area contributed by atoms with Crippen molar-refractivity contribution in [2.45, 2.75) is 11.8 Å². The molecule has 1 aliphatic rings. The fourth-order valence-corrected chi connectivity index (χ4v) is 4.35. The summed E-state index contributed by atoms with van der Waals surface area (Å²) < 4.78 is 29.3. The molecular formula is C19H23BrN4O3S. The number of amides is 1. The molecule has 0 bridgehead atoms.